The second-order valence-electron chi connectivity index (χ2n) is 10.2. The average molecular weight is 688 g/mol. The highest BCUT2D eigenvalue weighted by molar-refractivity contribution is 5.75. The van der Waals surface area contributed by atoms with Crippen molar-refractivity contribution in [3.63, 3.8) is 0 Å². The normalized spacial score (nSPS) is 16.2. The molecule has 0 aromatic carbocycles. The quantitative estimate of drug-likeness (QED) is 0.0713. The summed E-state index contributed by atoms with van der Waals surface area (Å²) in [6.07, 6.45) is -33.5. The lowest BCUT2D eigenvalue weighted by atomic mass is 9.91. The van der Waals surface area contributed by atoms with E-state index in [1.54, 1.807) is 6.92 Å². The predicted molar refractivity (Wildman–Crippen MR) is 118 cm³/mol. The van der Waals surface area contributed by atoms with Gasteiger partial charge in [0.05, 0.1) is 38.4 Å². The number of alkyl halides is 15. The van der Waals surface area contributed by atoms with Gasteiger partial charge in [-0.2, -0.15) is 65.9 Å². The Balaban J connectivity index is 5.75. The molecule has 0 aliphatic rings. The largest absolute Gasteiger partial charge is 0.465 e. The fourth-order valence-corrected chi connectivity index (χ4v) is 3.09. The van der Waals surface area contributed by atoms with Gasteiger partial charge >= 0.3 is 42.5 Å². The van der Waals surface area contributed by atoms with Crippen LogP contribution in [0.15, 0.2) is 0 Å². The van der Waals surface area contributed by atoms with Crippen LogP contribution in [-0.4, -0.2) is 86.9 Å². The average Bonchev–Trinajstić information content (AvgIpc) is 2.80. The molecule has 1 unspecified atom stereocenters. The molecule has 0 saturated carbocycles. The number of esters is 1. The number of hydrogen-bond acceptors (Lipinski definition) is 6. The topological polar surface area (TPSA) is 63.2 Å². The molecule has 0 amide bonds. The molecular formula is C23H31F15O6. The van der Waals surface area contributed by atoms with E-state index in [1.165, 1.54) is 13.8 Å². The molecule has 0 saturated heterocycles. The number of halogens is 15. The van der Waals surface area contributed by atoms with E-state index in [-0.39, 0.29) is 13.3 Å². The van der Waals surface area contributed by atoms with Crippen LogP contribution in [0.2, 0.25) is 0 Å². The first-order valence-electron chi connectivity index (χ1n) is 12.4. The van der Waals surface area contributed by atoms with E-state index in [2.05, 4.69) is 9.47 Å². The first-order chi connectivity index (χ1) is 19.4. The van der Waals surface area contributed by atoms with E-state index in [0.29, 0.717) is 6.42 Å². The number of hydrogen-bond donors (Lipinski definition) is 0. The summed E-state index contributed by atoms with van der Waals surface area (Å²) in [5, 5.41) is 0. The molecule has 0 aliphatic carbocycles. The van der Waals surface area contributed by atoms with E-state index in [0.717, 1.165) is 6.92 Å². The summed E-state index contributed by atoms with van der Waals surface area (Å²) in [4.78, 5) is 12.1. The zero-order valence-electron chi connectivity index (χ0n) is 23.8. The number of ether oxygens (including phenoxy) is 5. The molecule has 0 spiro atoms. The van der Waals surface area contributed by atoms with E-state index < -0.39 is 98.7 Å². The summed E-state index contributed by atoms with van der Waals surface area (Å²) in [5.41, 5.74) is -12.2. The second kappa shape index (κ2) is 14.4. The molecule has 0 radical (unpaired) electrons. The van der Waals surface area contributed by atoms with Crippen LogP contribution in [-0.2, 0) is 28.5 Å². The summed E-state index contributed by atoms with van der Waals surface area (Å²) in [6, 6.07) is 0. The molecule has 6 nitrogen and oxygen atoms in total. The number of carbonyl (C=O) groups is 1. The van der Waals surface area contributed by atoms with Crippen LogP contribution in [0.5, 0.6) is 0 Å². The van der Waals surface area contributed by atoms with Crippen LogP contribution in [0, 0.1) is 5.41 Å². The van der Waals surface area contributed by atoms with E-state index in [4.69, 9.17) is 14.2 Å². The molecular weight excluding hydrogens is 657 g/mol. The third-order valence-corrected chi connectivity index (χ3v) is 6.42. The summed E-state index contributed by atoms with van der Waals surface area (Å²) in [7, 11) is 0. The maximum Gasteiger partial charge on any atom is 0.435 e. The fraction of sp³-hybridized carbons (Fsp3) is 0.957. The molecule has 44 heavy (non-hydrogen) atoms. The van der Waals surface area contributed by atoms with Crippen LogP contribution in [0.25, 0.3) is 0 Å². The van der Waals surface area contributed by atoms with Gasteiger partial charge in [0.15, 0.2) is 5.79 Å². The molecule has 1 atom stereocenters. The van der Waals surface area contributed by atoms with Gasteiger partial charge in [-0.15, -0.1) is 0 Å². The Morgan fingerprint density at radius 1 is 0.523 bits per heavy atom. The summed E-state index contributed by atoms with van der Waals surface area (Å²) < 4.78 is 217. The molecule has 264 valence electrons. The van der Waals surface area contributed by atoms with Crippen molar-refractivity contribution in [2.45, 2.75) is 102 Å². The molecule has 0 aliphatic heterocycles. The van der Waals surface area contributed by atoms with Crippen molar-refractivity contribution in [3.05, 3.63) is 0 Å². The van der Waals surface area contributed by atoms with Gasteiger partial charge in [-0.1, -0.05) is 6.92 Å². The second-order valence-corrected chi connectivity index (χ2v) is 10.2. The highest BCUT2D eigenvalue weighted by Gasteiger charge is 2.85. The van der Waals surface area contributed by atoms with Gasteiger partial charge in [0, 0.05) is 6.42 Å². The Bertz CT molecular complexity index is 856. The Labute approximate surface area is 241 Å². The molecule has 0 aromatic heterocycles. The van der Waals surface area contributed by atoms with Crippen LogP contribution in [0.1, 0.15) is 53.9 Å². The lowest BCUT2D eigenvalue weighted by molar-refractivity contribution is -0.458. The SMILES string of the molecule is CCC(C)(C)C(=O)OCCCC(C)(OCCOC(C)(C(F)(F)F)C(F)(F)F)OCCOC(C(F)(F)F)(C(F)(F)F)C(F)(F)F. The standard InChI is InChI=1S/C23H31F15O6/c1-6-15(2,3)14(39)40-9-7-8-16(4,41-10-12-43-17(5,19(24,25)26)20(27,28)29)42-11-13-44-18(21(30,31)32,22(33,34)35)23(36,37)38/h6-13H2,1-5H3. The lowest BCUT2D eigenvalue weighted by Gasteiger charge is -2.38. The van der Waals surface area contributed by atoms with Gasteiger partial charge in [0.1, 0.15) is 0 Å². The van der Waals surface area contributed by atoms with Gasteiger partial charge in [0.25, 0.3) is 5.60 Å². The van der Waals surface area contributed by atoms with E-state index >= 15 is 0 Å². The zero-order valence-corrected chi connectivity index (χ0v) is 23.8. The van der Waals surface area contributed by atoms with Gasteiger partial charge in [-0.3, -0.25) is 4.79 Å². The maximum absolute atomic E-state index is 13.0. The van der Waals surface area contributed by atoms with Gasteiger partial charge in [0.2, 0.25) is 0 Å². The number of carbonyl (C=O) groups excluding carboxylic acids is 1. The molecule has 0 rings (SSSR count). The van der Waals surface area contributed by atoms with Crippen LogP contribution in [0.3, 0.4) is 0 Å². The minimum absolute atomic E-state index is 0.274. The Kier molecular flexibility index (Phi) is 13.8. The van der Waals surface area contributed by atoms with E-state index in [9.17, 15) is 70.7 Å². The van der Waals surface area contributed by atoms with Crippen LogP contribution >= 0.6 is 0 Å². The maximum atomic E-state index is 13.0. The van der Waals surface area contributed by atoms with Gasteiger partial charge in [-0.25, -0.2) is 0 Å². The van der Waals surface area contributed by atoms with Crippen LogP contribution < -0.4 is 0 Å². The first kappa shape index (κ1) is 42.3. The van der Waals surface area contributed by atoms with E-state index in [1.807, 2.05) is 0 Å². The Morgan fingerprint density at radius 3 is 1.23 bits per heavy atom. The minimum Gasteiger partial charge on any atom is -0.465 e. The molecule has 0 bridgehead atoms. The van der Waals surface area contributed by atoms with Crippen molar-refractivity contribution in [2.24, 2.45) is 5.41 Å². The molecule has 0 aromatic rings. The van der Waals surface area contributed by atoms with Crippen molar-refractivity contribution in [1.82, 2.24) is 0 Å². The van der Waals surface area contributed by atoms with Crippen molar-refractivity contribution in [3.8, 4) is 0 Å². The summed E-state index contributed by atoms with van der Waals surface area (Å²) in [5.74, 6) is -2.99. The third-order valence-electron chi connectivity index (χ3n) is 6.42. The lowest BCUT2D eigenvalue weighted by Crippen LogP contribution is -2.68. The summed E-state index contributed by atoms with van der Waals surface area (Å²) in [6.45, 7) is -1.30. The predicted octanol–water partition coefficient (Wildman–Crippen LogP) is 7.84. The molecule has 0 fully saturated rings. The zero-order chi connectivity index (χ0) is 35.3. The van der Waals surface area contributed by atoms with Crippen molar-refractivity contribution in [1.29, 1.82) is 0 Å². The van der Waals surface area contributed by atoms with Crippen molar-refractivity contribution >= 4 is 5.97 Å². The highest BCUT2D eigenvalue weighted by Crippen LogP contribution is 2.55. The highest BCUT2D eigenvalue weighted by atomic mass is 19.4. The van der Waals surface area contributed by atoms with Crippen molar-refractivity contribution in [2.75, 3.05) is 33.0 Å². The minimum atomic E-state index is -7.04. The third kappa shape index (κ3) is 10.1. The Hall–Kier alpha value is -1.74. The fourth-order valence-electron chi connectivity index (χ4n) is 3.09. The molecule has 0 heterocycles. The smallest absolute Gasteiger partial charge is 0.435 e. The number of rotatable bonds is 16. The first-order valence-corrected chi connectivity index (χ1v) is 12.4. The Morgan fingerprint density at radius 2 is 0.886 bits per heavy atom. The van der Waals surface area contributed by atoms with Crippen molar-refractivity contribution < 1.29 is 94.3 Å². The van der Waals surface area contributed by atoms with Gasteiger partial charge < -0.3 is 23.7 Å². The monoisotopic (exact) mass is 688 g/mol. The van der Waals surface area contributed by atoms with Gasteiger partial charge in [-0.05, 0) is 40.5 Å². The summed E-state index contributed by atoms with van der Waals surface area (Å²) >= 11 is 0. The molecule has 0 N–H and O–H groups in total. The molecule has 21 heteroatoms. The van der Waals surface area contributed by atoms with Crippen LogP contribution in [0.4, 0.5) is 65.9 Å².